The molecule has 0 saturated carbocycles. The van der Waals surface area contributed by atoms with E-state index in [1.165, 1.54) is 0 Å². The summed E-state index contributed by atoms with van der Waals surface area (Å²) in [6.07, 6.45) is 6.17. The molecule has 6 rings (SSSR count). The van der Waals surface area contributed by atoms with Crippen LogP contribution in [0, 0.1) is 5.92 Å². The zero-order valence-corrected chi connectivity index (χ0v) is 27.4. The minimum absolute atomic E-state index is 0.0216. The fourth-order valence-electron chi connectivity index (χ4n) is 6.97. The molecule has 252 valence electrons. The van der Waals surface area contributed by atoms with Crippen molar-refractivity contribution < 1.29 is 19.5 Å². The first-order chi connectivity index (χ1) is 23.3. The Balaban J connectivity index is 1.19. The number of aliphatic hydroxyl groups is 1. The molecule has 2 saturated heterocycles. The molecule has 12 nitrogen and oxygen atoms in total. The van der Waals surface area contributed by atoms with E-state index in [9.17, 15) is 19.5 Å². The summed E-state index contributed by atoms with van der Waals surface area (Å²) in [5, 5.41) is 26.3. The standard InChI is InChI=1S/C36H44N8O4/c1-42-31-11-9-27(20-30(31)40-41-42)23-38-35(47)32-21-28(19-26-13-15-37-16-14-26)24-44(32)36(48)29(10-12-34(46)43-17-5-6-18-43)39-33(45)22-25-7-3-2-4-8-25/h2-4,7-9,11,13-16,20,28-29,32,36,48H,5-6,10,12,17-19,21-24H2,1H3,(H,38,47)(H,39,45). The van der Waals surface area contributed by atoms with E-state index in [0.29, 0.717) is 19.5 Å². The molecule has 12 heteroatoms. The number of carbonyl (C=O) groups is 3. The molecule has 4 aromatic rings. The number of hydrogen-bond donors (Lipinski definition) is 3. The van der Waals surface area contributed by atoms with Crippen LogP contribution in [0.5, 0.6) is 0 Å². The Morgan fingerprint density at radius 2 is 1.75 bits per heavy atom. The zero-order valence-electron chi connectivity index (χ0n) is 27.4. The quantitative estimate of drug-likeness (QED) is 0.200. The molecule has 0 spiro atoms. The number of aryl methyl sites for hydroxylation is 1. The molecule has 0 aliphatic carbocycles. The fourth-order valence-corrected chi connectivity index (χ4v) is 6.97. The van der Waals surface area contributed by atoms with Gasteiger partial charge in [0.25, 0.3) is 0 Å². The van der Waals surface area contributed by atoms with Gasteiger partial charge in [-0.15, -0.1) is 5.10 Å². The lowest BCUT2D eigenvalue weighted by Crippen LogP contribution is -2.56. The van der Waals surface area contributed by atoms with Gasteiger partial charge in [-0.25, -0.2) is 4.68 Å². The summed E-state index contributed by atoms with van der Waals surface area (Å²) >= 11 is 0. The van der Waals surface area contributed by atoms with Crippen LogP contribution in [0.1, 0.15) is 48.8 Å². The van der Waals surface area contributed by atoms with Gasteiger partial charge in [-0.1, -0.05) is 41.6 Å². The predicted octanol–water partition coefficient (Wildman–Crippen LogP) is 2.36. The third-order valence-corrected chi connectivity index (χ3v) is 9.53. The number of likely N-dealkylation sites (tertiary alicyclic amines) is 2. The van der Waals surface area contributed by atoms with Crippen molar-refractivity contribution in [3.05, 3.63) is 89.7 Å². The van der Waals surface area contributed by atoms with Crippen LogP contribution < -0.4 is 10.6 Å². The van der Waals surface area contributed by atoms with Gasteiger partial charge >= 0.3 is 0 Å². The van der Waals surface area contributed by atoms with Crippen LogP contribution in [0.2, 0.25) is 0 Å². The average Bonchev–Trinajstić information content (AvgIpc) is 3.87. The van der Waals surface area contributed by atoms with E-state index in [1.54, 1.807) is 22.0 Å². The van der Waals surface area contributed by atoms with Crippen molar-refractivity contribution >= 4 is 28.8 Å². The molecule has 2 aromatic carbocycles. The van der Waals surface area contributed by atoms with Gasteiger partial charge < -0.3 is 20.6 Å². The number of fused-ring (bicyclic) bond motifs is 1. The molecule has 2 fully saturated rings. The number of rotatable bonds is 13. The molecule has 0 bridgehead atoms. The number of nitrogens with zero attached hydrogens (tertiary/aromatic N) is 6. The highest BCUT2D eigenvalue weighted by Gasteiger charge is 2.42. The van der Waals surface area contributed by atoms with Gasteiger partial charge in [0, 0.05) is 52.0 Å². The van der Waals surface area contributed by atoms with Gasteiger partial charge in [0.05, 0.1) is 24.0 Å². The summed E-state index contributed by atoms with van der Waals surface area (Å²) in [5.74, 6) is -0.339. The number of aliphatic hydroxyl groups excluding tert-OH is 1. The van der Waals surface area contributed by atoms with Gasteiger partial charge in [0.2, 0.25) is 17.7 Å². The van der Waals surface area contributed by atoms with Crippen molar-refractivity contribution in [2.24, 2.45) is 13.0 Å². The molecule has 2 aliphatic rings. The number of benzene rings is 2. The SMILES string of the molecule is Cn1nnc2cc(CNC(=O)C3CC(Cc4ccncc4)CN3C(O)C(CCC(=O)N3CCCC3)NC(=O)Cc3ccccc3)ccc21. The normalized spacial score (nSPS) is 19.3. The molecule has 2 aromatic heterocycles. The molecular weight excluding hydrogens is 608 g/mol. The maximum Gasteiger partial charge on any atom is 0.237 e. The predicted molar refractivity (Wildman–Crippen MR) is 180 cm³/mol. The second kappa shape index (κ2) is 15.5. The van der Waals surface area contributed by atoms with Crippen LogP contribution >= 0.6 is 0 Å². The molecule has 48 heavy (non-hydrogen) atoms. The lowest BCUT2D eigenvalue weighted by atomic mass is 9.97. The minimum atomic E-state index is -1.18. The molecule has 4 atom stereocenters. The molecule has 3 amide bonds. The molecule has 4 heterocycles. The smallest absolute Gasteiger partial charge is 0.237 e. The van der Waals surface area contributed by atoms with Gasteiger partial charge in [-0.2, -0.15) is 0 Å². The summed E-state index contributed by atoms with van der Waals surface area (Å²) < 4.78 is 1.70. The summed E-state index contributed by atoms with van der Waals surface area (Å²) in [7, 11) is 1.83. The molecule has 0 radical (unpaired) electrons. The summed E-state index contributed by atoms with van der Waals surface area (Å²) in [6.45, 7) is 2.23. The number of hydrogen-bond acceptors (Lipinski definition) is 8. The monoisotopic (exact) mass is 652 g/mol. The Bertz CT molecular complexity index is 1690. The van der Waals surface area contributed by atoms with Crippen molar-refractivity contribution in [3.63, 3.8) is 0 Å². The second-order valence-corrected chi connectivity index (χ2v) is 13.0. The lowest BCUT2D eigenvalue weighted by Gasteiger charge is -2.34. The highest BCUT2D eigenvalue weighted by molar-refractivity contribution is 5.83. The summed E-state index contributed by atoms with van der Waals surface area (Å²) in [5.41, 5.74) is 4.50. The second-order valence-electron chi connectivity index (χ2n) is 13.0. The summed E-state index contributed by atoms with van der Waals surface area (Å²) in [4.78, 5) is 48.0. The Hall–Kier alpha value is -4.68. The number of nitrogens with one attached hydrogen (secondary N) is 2. The van der Waals surface area contributed by atoms with Crippen LogP contribution in [-0.4, -0.2) is 90.6 Å². The summed E-state index contributed by atoms with van der Waals surface area (Å²) in [6, 6.07) is 17.8. The van der Waals surface area contributed by atoms with Gasteiger partial charge in [-0.3, -0.25) is 24.3 Å². The zero-order chi connectivity index (χ0) is 33.5. The minimum Gasteiger partial charge on any atom is -0.376 e. The van der Waals surface area contributed by atoms with Crippen molar-refractivity contribution in [2.75, 3.05) is 19.6 Å². The van der Waals surface area contributed by atoms with Crippen LogP contribution in [0.4, 0.5) is 0 Å². The van der Waals surface area contributed by atoms with Crippen LogP contribution in [0.25, 0.3) is 11.0 Å². The van der Waals surface area contributed by atoms with Crippen LogP contribution in [-0.2, 0) is 40.8 Å². The van der Waals surface area contributed by atoms with E-state index in [-0.39, 0.29) is 42.9 Å². The first-order valence-electron chi connectivity index (χ1n) is 16.8. The fraction of sp³-hybridized carbons (Fsp3) is 0.444. The van der Waals surface area contributed by atoms with E-state index >= 15 is 0 Å². The van der Waals surface area contributed by atoms with E-state index in [4.69, 9.17) is 0 Å². The number of pyridine rings is 1. The van der Waals surface area contributed by atoms with Crippen molar-refractivity contribution in [1.29, 1.82) is 0 Å². The number of amides is 3. The lowest BCUT2D eigenvalue weighted by molar-refractivity contribution is -0.134. The van der Waals surface area contributed by atoms with Gasteiger partial charge in [0.1, 0.15) is 11.7 Å². The third kappa shape index (κ3) is 8.23. The molecule has 2 aliphatic heterocycles. The maximum atomic E-state index is 13.9. The number of aromatic nitrogens is 4. The highest BCUT2D eigenvalue weighted by Crippen LogP contribution is 2.30. The molecule has 4 unspecified atom stereocenters. The first-order valence-corrected chi connectivity index (χ1v) is 16.8. The largest absolute Gasteiger partial charge is 0.376 e. The van der Waals surface area contributed by atoms with E-state index in [0.717, 1.165) is 60.1 Å². The Labute approximate surface area is 280 Å². The topological polar surface area (TPSA) is 146 Å². The third-order valence-electron chi connectivity index (χ3n) is 9.53. The van der Waals surface area contributed by atoms with E-state index in [1.807, 2.05) is 72.6 Å². The Morgan fingerprint density at radius 3 is 2.52 bits per heavy atom. The van der Waals surface area contributed by atoms with Crippen LogP contribution in [0.15, 0.2) is 73.1 Å². The molecular formula is C36H44N8O4. The van der Waals surface area contributed by atoms with Crippen molar-refractivity contribution in [2.45, 2.75) is 69.8 Å². The maximum absolute atomic E-state index is 13.9. The average molecular weight is 653 g/mol. The van der Waals surface area contributed by atoms with Crippen LogP contribution in [0.3, 0.4) is 0 Å². The number of carbonyl (C=O) groups excluding carboxylic acids is 3. The van der Waals surface area contributed by atoms with E-state index in [2.05, 4.69) is 25.9 Å². The van der Waals surface area contributed by atoms with Gasteiger partial charge in [-0.05, 0) is 79.0 Å². The van der Waals surface area contributed by atoms with E-state index < -0.39 is 18.3 Å². The van der Waals surface area contributed by atoms with Gasteiger partial charge in [0.15, 0.2) is 0 Å². The van der Waals surface area contributed by atoms with Crippen molar-refractivity contribution in [1.82, 2.24) is 40.4 Å². The Kier molecular flexibility index (Phi) is 10.7. The Morgan fingerprint density at radius 1 is 0.979 bits per heavy atom. The molecule has 3 N–H and O–H groups in total. The van der Waals surface area contributed by atoms with Crippen molar-refractivity contribution in [3.8, 4) is 0 Å². The first kappa shape index (κ1) is 33.2. The highest BCUT2D eigenvalue weighted by atomic mass is 16.3.